The number of aliphatic carboxylic acids is 1. The first kappa shape index (κ1) is 12.0. The third kappa shape index (κ3) is 4.29. The van der Waals surface area contributed by atoms with Gasteiger partial charge in [-0.3, -0.25) is 9.59 Å². The van der Waals surface area contributed by atoms with Crippen LogP contribution in [-0.4, -0.2) is 29.6 Å². The average Bonchev–Trinajstić information content (AvgIpc) is 2.90. The summed E-state index contributed by atoms with van der Waals surface area (Å²) < 4.78 is 0. The molecule has 0 aromatic rings. The number of rotatable bonds is 6. The molecular weight excluding hydrogens is 196 g/mol. The van der Waals surface area contributed by atoms with Gasteiger partial charge >= 0.3 is 5.97 Å². The van der Waals surface area contributed by atoms with E-state index in [4.69, 9.17) is 10.8 Å². The van der Waals surface area contributed by atoms with Gasteiger partial charge in [0.05, 0.1) is 6.04 Å². The number of hydrogen-bond acceptors (Lipinski definition) is 3. The summed E-state index contributed by atoms with van der Waals surface area (Å²) in [6, 6.07) is -0.705. The molecule has 0 radical (unpaired) electrons. The highest BCUT2D eigenvalue weighted by Gasteiger charge is 2.37. The fourth-order valence-electron chi connectivity index (χ4n) is 1.23. The Bertz CT molecular complexity index is 261. The van der Waals surface area contributed by atoms with Crippen LogP contribution in [0.25, 0.3) is 0 Å². The van der Waals surface area contributed by atoms with Gasteiger partial charge in [-0.1, -0.05) is 6.92 Å². The number of carboxylic acids is 1. The van der Waals surface area contributed by atoms with Crippen LogP contribution in [-0.2, 0) is 9.59 Å². The van der Waals surface area contributed by atoms with E-state index >= 15 is 0 Å². The standard InChI is InChI=1S/C10H18N2O3/c1-10(4-5-10)6-12-9(15)7(11)2-3-8(13)14/h7H,2-6,11H2,1H3,(H,12,15)(H,13,14). The van der Waals surface area contributed by atoms with Crippen molar-refractivity contribution in [3.05, 3.63) is 0 Å². The van der Waals surface area contributed by atoms with E-state index in [1.54, 1.807) is 0 Å². The molecule has 1 unspecified atom stereocenters. The molecular formula is C10H18N2O3. The maximum Gasteiger partial charge on any atom is 0.303 e. The Morgan fingerprint density at radius 2 is 2.13 bits per heavy atom. The summed E-state index contributed by atoms with van der Waals surface area (Å²) in [5.41, 5.74) is 5.79. The quantitative estimate of drug-likeness (QED) is 0.584. The Balaban J connectivity index is 2.17. The van der Waals surface area contributed by atoms with Crippen molar-refractivity contribution in [2.45, 2.75) is 38.6 Å². The lowest BCUT2D eigenvalue weighted by molar-refractivity contribution is -0.137. The van der Waals surface area contributed by atoms with E-state index in [9.17, 15) is 9.59 Å². The normalized spacial score (nSPS) is 19.3. The Kier molecular flexibility index (Phi) is 3.68. The maximum atomic E-state index is 11.4. The van der Waals surface area contributed by atoms with Crippen molar-refractivity contribution in [1.29, 1.82) is 0 Å². The Morgan fingerprint density at radius 1 is 1.53 bits per heavy atom. The van der Waals surface area contributed by atoms with Gasteiger partial charge < -0.3 is 16.2 Å². The molecule has 86 valence electrons. The van der Waals surface area contributed by atoms with Crippen LogP contribution in [0.15, 0.2) is 0 Å². The summed E-state index contributed by atoms with van der Waals surface area (Å²) in [5, 5.41) is 11.2. The van der Waals surface area contributed by atoms with Crippen LogP contribution in [0.3, 0.4) is 0 Å². The van der Waals surface area contributed by atoms with E-state index in [0.29, 0.717) is 6.54 Å². The lowest BCUT2D eigenvalue weighted by Crippen LogP contribution is -2.42. The smallest absolute Gasteiger partial charge is 0.303 e. The van der Waals surface area contributed by atoms with E-state index in [2.05, 4.69) is 12.2 Å². The van der Waals surface area contributed by atoms with Crippen molar-refractivity contribution in [3.63, 3.8) is 0 Å². The van der Waals surface area contributed by atoms with Crippen molar-refractivity contribution in [3.8, 4) is 0 Å². The molecule has 4 N–H and O–H groups in total. The molecule has 0 saturated heterocycles. The summed E-state index contributed by atoms with van der Waals surface area (Å²) in [7, 11) is 0. The zero-order valence-electron chi connectivity index (χ0n) is 8.95. The number of carboxylic acid groups (broad SMARTS) is 1. The monoisotopic (exact) mass is 214 g/mol. The number of hydrogen-bond donors (Lipinski definition) is 3. The minimum absolute atomic E-state index is 0.0636. The van der Waals surface area contributed by atoms with E-state index in [0.717, 1.165) is 12.8 Å². The predicted octanol–water partition coefficient (Wildman–Crippen LogP) is 0.0948. The summed E-state index contributed by atoms with van der Waals surface area (Å²) in [4.78, 5) is 21.7. The molecule has 15 heavy (non-hydrogen) atoms. The van der Waals surface area contributed by atoms with Gasteiger partial charge in [0, 0.05) is 13.0 Å². The van der Waals surface area contributed by atoms with Crippen LogP contribution in [0.2, 0.25) is 0 Å². The van der Waals surface area contributed by atoms with Crippen molar-refractivity contribution < 1.29 is 14.7 Å². The second kappa shape index (κ2) is 4.61. The fraction of sp³-hybridized carbons (Fsp3) is 0.800. The van der Waals surface area contributed by atoms with E-state index in [1.807, 2.05) is 0 Å². The zero-order chi connectivity index (χ0) is 11.5. The first-order valence-electron chi connectivity index (χ1n) is 5.18. The Hall–Kier alpha value is -1.10. The van der Waals surface area contributed by atoms with Gasteiger partial charge in [-0.2, -0.15) is 0 Å². The third-order valence-electron chi connectivity index (χ3n) is 2.80. The number of carbonyl (C=O) groups excluding carboxylic acids is 1. The van der Waals surface area contributed by atoms with Crippen LogP contribution in [0, 0.1) is 5.41 Å². The molecule has 1 atom stereocenters. The van der Waals surface area contributed by atoms with Crippen LogP contribution in [0.4, 0.5) is 0 Å². The zero-order valence-corrected chi connectivity index (χ0v) is 8.95. The molecule has 0 aromatic carbocycles. The van der Waals surface area contributed by atoms with Gasteiger partial charge in [0.15, 0.2) is 0 Å². The lowest BCUT2D eigenvalue weighted by atomic mass is 10.1. The molecule has 1 fully saturated rings. The molecule has 0 heterocycles. The maximum absolute atomic E-state index is 11.4. The molecule has 1 aliphatic rings. The van der Waals surface area contributed by atoms with E-state index in [1.165, 1.54) is 0 Å². The van der Waals surface area contributed by atoms with Crippen LogP contribution in [0.1, 0.15) is 32.6 Å². The van der Waals surface area contributed by atoms with Crippen molar-refractivity contribution in [2.24, 2.45) is 11.1 Å². The number of amides is 1. The van der Waals surface area contributed by atoms with Gasteiger partial charge in [0.1, 0.15) is 0 Å². The topological polar surface area (TPSA) is 92.4 Å². The first-order valence-corrected chi connectivity index (χ1v) is 5.18. The Morgan fingerprint density at radius 3 is 2.60 bits per heavy atom. The minimum Gasteiger partial charge on any atom is -0.481 e. The molecule has 1 saturated carbocycles. The van der Waals surface area contributed by atoms with Crippen LogP contribution in [0.5, 0.6) is 0 Å². The predicted molar refractivity (Wildman–Crippen MR) is 55.2 cm³/mol. The van der Waals surface area contributed by atoms with Crippen molar-refractivity contribution >= 4 is 11.9 Å². The second-order valence-electron chi connectivity index (χ2n) is 4.57. The van der Waals surface area contributed by atoms with Gasteiger partial charge in [-0.05, 0) is 24.7 Å². The van der Waals surface area contributed by atoms with E-state index < -0.39 is 12.0 Å². The molecule has 0 aliphatic heterocycles. The molecule has 1 rings (SSSR count). The first-order chi connectivity index (χ1) is 6.93. The van der Waals surface area contributed by atoms with Crippen molar-refractivity contribution in [1.82, 2.24) is 5.32 Å². The van der Waals surface area contributed by atoms with Gasteiger partial charge in [-0.15, -0.1) is 0 Å². The lowest BCUT2D eigenvalue weighted by Gasteiger charge is -2.13. The van der Waals surface area contributed by atoms with Crippen LogP contribution < -0.4 is 11.1 Å². The highest BCUT2D eigenvalue weighted by molar-refractivity contribution is 5.82. The highest BCUT2D eigenvalue weighted by atomic mass is 16.4. The molecule has 1 amide bonds. The molecule has 0 spiro atoms. The summed E-state index contributed by atoms with van der Waals surface area (Å²) in [5.74, 6) is -1.17. The van der Waals surface area contributed by atoms with Gasteiger partial charge in [-0.25, -0.2) is 0 Å². The summed E-state index contributed by atoms with van der Waals surface area (Å²) in [6.45, 7) is 2.75. The van der Waals surface area contributed by atoms with Crippen molar-refractivity contribution in [2.75, 3.05) is 6.54 Å². The molecule has 5 nitrogen and oxygen atoms in total. The molecule has 5 heteroatoms. The van der Waals surface area contributed by atoms with Gasteiger partial charge in [0.2, 0.25) is 5.91 Å². The Labute approximate surface area is 89.0 Å². The highest BCUT2D eigenvalue weighted by Crippen LogP contribution is 2.43. The summed E-state index contributed by atoms with van der Waals surface area (Å²) in [6.07, 6.45) is 2.40. The number of nitrogens with one attached hydrogen (secondary N) is 1. The molecule has 0 bridgehead atoms. The summed E-state index contributed by atoms with van der Waals surface area (Å²) >= 11 is 0. The van der Waals surface area contributed by atoms with Gasteiger partial charge in [0.25, 0.3) is 0 Å². The van der Waals surface area contributed by atoms with E-state index in [-0.39, 0.29) is 24.2 Å². The fourth-order valence-corrected chi connectivity index (χ4v) is 1.23. The SMILES string of the molecule is CC1(CNC(=O)C(N)CCC(=O)O)CC1. The second-order valence-corrected chi connectivity index (χ2v) is 4.57. The number of carbonyl (C=O) groups is 2. The minimum atomic E-state index is -0.924. The molecule has 0 aromatic heterocycles. The molecule has 1 aliphatic carbocycles. The number of nitrogens with two attached hydrogens (primary N) is 1. The average molecular weight is 214 g/mol. The van der Waals surface area contributed by atoms with Crippen LogP contribution >= 0.6 is 0 Å². The largest absolute Gasteiger partial charge is 0.481 e. The third-order valence-corrected chi connectivity index (χ3v) is 2.80.